The molecule has 0 bridgehead atoms. The predicted octanol–water partition coefficient (Wildman–Crippen LogP) is 6.57. The zero-order valence-corrected chi connectivity index (χ0v) is 26.2. The molecule has 1 amide bonds. The van der Waals surface area contributed by atoms with Crippen molar-refractivity contribution in [1.82, 2.24) is 0 Å². The third kappa shape index (κ3) is 6.77. The summed E-state index contributed by atoms with van der Waals surface area (Å²) >= 11 is 18.4. The predicted molar refractivity (Wildman–Crippen MR) is 166 cm³/mol. The maximum Gasteiger partial charge on any atom is 0.297 e. The fraction of sp³-hybridized carbons (Fsp3) is 0.138. The first-order chi connectivity index (χ1) is 20.3. The molecule has 0 aromatic heterocycles. The summed E-state index contributed by atoms with van der Waals surface area (Å²) in [4.78, 5) is 12.9. The second kappa shape index (κ2) is 12.4. The van der Waals surface area contributed by atoms with Crippen LogP contribution in [0.25, 0.3) is 0 Å². The summed E-state index contributed by atoms with van der Waals surface area (Å²) in [5.41, 5.74) is 1.25. The van der Waals surface area contributed by atoms with Crippen LogP contribution in [0.3, 0.4) is 0 Å². The monoisotopic (exact) mass is 680 g/mol. The number of nitrogens with zero attached hydrogens (tertiary/aromatic N) is 1. The summed E-state index contributed by atoms with van der Waals surface area (Å²) in [5, 5.41) is 3.16. The number of halogens is 3. The Balaban J connectivity index is 1.47. The number of sulfonamides is 1. The van der Waals surface area contributed by atoms with E-state index in [0.29, 0.717) is 0 Å². The highest BCUT2D eigenvalue weighted by Crippen LogP contribution is 2.40. The molecule has 1 aliphatic rings. The highest BCUT2D eigenvalue weighted by molar-refractivity contribution is 7.92. The van der Waals surface area contributed by atoms with Gasteiger partial charge in [-0.3, -0.25) is 13.3 Å². The third-order valence-corrected chi connectivity index (χ3v) is 10.4. The molecule has 4 aromatic rings. The van der Waals surface area contributed by atoms with Gasteiger partial charge in [0.2, 0.25) is 0 Å². The van der Waals surface area contributed by atoms with Gasteiger partial charge in [-0.25, -0.2) is 8.42 Å². The van der Waals surface area contributed by atoms with Gasteiger partial charge in [0.25, 0.3) is 26.0 Å². The Morgan fingerprint density at radius 1 is 0.907 bits per heavy atom. The van der Waals surface area contributed by atoms with Gasteiger partial charge in [-0.1, -0.05) is 64.6 Å². The van der Waals surface area contributed by atoms with E-state index < -0.39 is 38.8 Å². The number of rotatable bonds is 8. The van der Waals surface area contributed by atoms with Crippen LogP contribution in [0.1, 0.15) is 15.9 Å². The molecule has 5 rings (SSSR count). The van der Waals surface area contributed by atoms with Gasteiger partial charge in [-0.15, -0.1) is 0 Å². The van der Waals surface area contributed by atoms with Gasteiger partial charge in [-0.05, 0) is 67.6 Å². The number of carbonyl (C=O) groups is 1. The molecule has 1 atom stereocenters. The number of aryl methyl sites for hydroxylation is 1. The number of nitrogens with one attached hydrogen (secondary N) is 1. The number of benzene rings is 4. The molecule has 4 aromatic carbocycles. The summed E-state index contributed by atoms with van der Waals surface area (Å²) < 4.78 is 65.6. The smallest absolute Gasteiger partial charge is 0.297 e. The third-order valence-electron chi connectivity index (χ3n) is 6.44. The van der Waals surface area contributed by atoms with Crippen molar-refractivity contribution in [3.05, 3.63) is 111 Å². The maximum absolute atomic E-state index is 13.9. The van der Waals surface area contributed by atoms with Crippen LogP contribution in [-0.2, 0) is 24.3 Å². The van der Waals surface area contributed by atoms with Crippen molar-refractivity contribution in [3.8, 4) is 5.75 Å². The average molecular weight is 682 g/mol. The highest BCUT2D eigenvalue weighted by atomic mass is 35.5. The van der Waals surface area contributed by atoms with Gasteiger partial charge in [0.05, 0.1) is 37.6 Å². The van der Waals surface area contributed by atoms with Crippen molar-refractivity contribution in [1.29, 1.82) is 0 Å². The zero-order chi connectivity index (χ0) is 30.9. The van der Waals surface area contributed by atoms with Gasteiger partial charge in [-0.2, -0.15) is 8.42 Å². The number of carbonyl (C=O) groups excluding carboxylic acids is 1. The van der Waals surface area contributed by atoms with Crippen LogP contribution in [0.2, 0.25) is 15.1 Å². The van der Waals surface area contributed by atoms with Crippen molar-refractivity contribution in [2.24, 2.45) is 0 Å². The molecule has 0 spiro atoms. The van der Waals surface area contributed by atoms with Gasteiger partial charge >= 0.3 is 0 Å². The Kier molecular flexibility index (Phi) is 8.94. The maximum atomic E-state index is 13.9. The van der Waals surface area contributed by atoms with Crippen LogP contribution in [0.5, 0.6) is 5.75 Å². The van der Waals surface area contributed by atoms with Crippen LogP contribution in [-0.4, -0.2) is 42.0 Å². The number of anilines is 2. The second-order valence-electron chi connectivity index (χ2n) is 9.52. The minimum atomic E-state index is -4.24. The number of hydrogen-bond donors (Lipinski definition) is 1. The van der Waals surface area contributed by atoms with Crippen molar-refractivity contribution in [2.75, 3.05) is 22.8 Å². The first kappa shape index (κ1) is 31.1. The van der Waals surface area contributed by atoms with E-state index in [4.69, 9.17) is 43.7 Å². The van der Waals surface area contributed by atoms with E-state index in [9.17, 15) is 21.6 Å². The van der Waals surface area contributed by atoms with Crippen LogP contribution in [0.15, 0.2) is 94.7 Å². The van der Waals surface area contributed by atoms with E-state index in [1.807, 2.05) is 6.92 Å². The van der Waals surface area contributed by atoms with Crippen LogP contribution in [0.4, 0.5) is 11.4 Å². The Bertz CT molecular complexity index is 1900. The van der Waals surface area contributed by atoms with Gasteiger partial charge in [0.1, 0.15) is 18.5 Å². The lowest BCUT2D eigenvalue weighted by atomic mass is 10.1. The largest absolute Gasteiger partial charge is 0.484 e. The van der Waals surface area contributed by atoms with Gasteiger partial charge in [0, 0.05) is 10.7 Å². The van der Waals surface area contributed by atoms with E-state index in [1.165, 1.54) is 66.7 Å². The van der Waals surface area contributed by atoms with Crippen molar-refractivity contribution in [3.63, 3.8) is 0 Å². The molecule has 14 heteroatoms. The van der Waals surface area contributed by atoms with Crippen molar-refractivity contribution >= 4 is 72.2 Å². The summed E-state index contributed by atoms with van der Waals surface area (Å²) in [5.74, 6) is -0.490. The minimum Gasteiger partial charge on any atom is -0.484 e. The van der Waals surface area contributed by atoms with Crippen LogP contribution >= 0.6 is 34.8 Å². The fourth-order valence-electron chi connectivity index (χ4n) is 4.31. The number of amides is 1. The lowest BCUT2D eigenvalue weighted by molar-refractivity contribution is 0.102. The summed E-state index contributed by atoms with van der Waals surface area (Å²) in [7, 11) is -8.40. The molecule has 0 aliphatic carbocycles. The van der Waals surface area contributed by atoms with E-state index >= 15 is 0 Å². The standard InChI is InChI=1S/C29H23Cl3N2O7S2/c1-18-8-11-22(12-9-18)43(38,39)40-17-21-16-34(42(36,37)23-5-2-4-19(30)14-23)26-15-20(10-13-27(26)41-21)33-29(35)28-24(31)6-3-7-25(28)32/h2-15,21H,16-17H2,1H3,(H,33,35)/t21-/m1/s1. The number of ether oxygens (including phenoxy) is 1. The molecule has 1 heterocycles. The Morgan fingerprint density at radius 3 is 2.26 bits per heavy atom. The van der Waals surface area contributed by atoms with Gasteiger partial charge < -0.3 is 10.1 Å². The molecule has 0 unspecified atom stereocenters. The normalized spacial score (nSPS) is 15.0. The molecular formula is C29H23Cl3N2O7S2. The lowest BCUT2D eigenvalue weighted by Crippen LogP contribution is -2.45. The Morgan fingerprint density at radius 2 is 1.58 bits per heavy atom. The summed E-state index contributed by atoms with van der Waals surface area (Å²) in [6.45, 7) is 1.04. The highest BCUT2D eigenvalue weighted by Gasteiger charge is 2.36. The Labute approximate surface area is 264 Å². The molecule has 0 fully saturated rings. The topological polar surface area (TPSA) is 119 Å². The first-order valence-electron chi connectivity index (χ1n) is 12.7. The van der Waals surface area contributed by atoms with Crippen molar-refractivity contribution < 1.29 is 30.6 Å². The minimum absolute atomic E-state index is 0.0447. The molecule has 0 saturated carbocycles. The van der Waals surface area contributed by atoms with E-state index in [0.717, 1.165) is 9.87 Å². The SMILES string of the molecule is Cc1ccc(S(=O)(=O)OC[C@H]2CN(S(=O)(=O)c3cccc(Cl)c3)c3cc(NC(=O)c4c(Cl)cccc4Cl)ccc3O2)cc1. The summed E-state index contributed by atoms with van der Waals surface area (Å²) in [6.07, 6.45) is -1.01. The molecule has 43 heavy (non-hydrogen) atoms. The number of hydrogen-bond acceptors (Lipinski definition) is 7. The molecule has 1 aliphatic heterocycles. The lowest BCUT2D eigenvalue weighted by Gasteiger charge is -2.35. The van der Waals surface area contributed by atoms with E-state index in [-0.39, 0.29) is 54.1 Å². The Hall–Kier alpha value is -3.32. The van der Waals surface area contributed by atoms with Crippen molar-refractivity contribution in [2.45, 2.75) is 22.8 Å². The molecule has 9 nitrogen and oxygen atoms in total. The van der Waals surface area contributed by atoms with Gasteiger partial charge in [0.15, 0.2) is 0 Å². The molecule has 224 valence electrons. The quantitative estimate of drug-likeness (QED) is 0.209. The second-order valence-corrected chi connectivity index (χ2v) is 14.2. The first-order valence-corrected chi connectivity index (χ1v) is 16.6. The van der Waals surface area contributed by atoms with Crippen LogP contribution < -0.4 is 14.4 Å². The summed E-state index contributed by atoms with van der Waals surface area (Å²) in [6, 6.07) is 20.8. The number of fused-ring (bicyclic) bond motifs is 1. The average Bonchev–Trinajstić information content (AvgIpc) is 2.96. The molecule has 1 N–H and O–H groups in total. The van der Waals surface area contributed by atoms with E-state index in [1.54, 1.807) is 18.2 Å². The molecular weight excluding hydrogens is 659 g/mol. The van der Waals surface area contributed by atoms with Crippen LogP contribution in [0, 0.1) is 6.92 Å². The van der Waals surface area contributed by atoms with E-state index in [2.05, 4.69) is 5.32 Å². The fourth-order valence-corrected chi connectivity index (χ4v) is 7.61. The zero-order valence-electron chi connectivity index (χ0n) is 22.3. The molecule has 0 saturated heterocycles. The molecule has 0 radical (unpaired) electrons.